The van der Waals surface area contributed by atoms with Crippen molar-refractivity contribution >= 4 is 0 Å². The van der Waals surface area contributed by atoms with Crippen LogP contribution in [0.1, 0.15) is 13.8 Å². The lowest BCUT2D eigenvalue weighted by Crippen LogP contribution is -2.21. The minimum Gasteiger partial charge on any atom is -0.489 e. The fourth-order valence-corrected chi connectivity index (χ4v) is 1.18. The largest absolute Gasteiger partial charge is 0.489 e. The average molecular weight is 240 g/mol. The van der Waals surface area contributed by atoms with Crippen molar-refractivity contribution < 1.29 is 19.7 Å². The Morgan fingerprint density at radius 1 is 1.06 bits per heavy atom. The van der Waals surface area contributed by atoms with Gasteiger partial charge in [-0.1, -0.05) is 26.0 Å². The van der Waals surface area contributed by atoms with Gasteiger partial charge < -0.3 is 19.7 Å². The molecule has 0 aliphatic carbocycles. The molecule has 0 saturated heterocycles. The number of para-hydroxylation sites is 2. The number of ether oxygens (including phenoxy) is 2. The van der Waals surface area contributed by atoms with Crippen LogP contribution in [0.4, 0.5) is 0 Å². The van der Waals surface area contributed by atoms with Gasteiger partial charge in [0, 0.05) is 0 Å². The first-order chi connectivity index (χ1) is 8.13. The van der Waals surface area contributed by atoms with Gasteiger partial charge in [0.25, 0.3) is 0 Å². The zero-order valence-electron chi connectivity index (χ0n) is 10.3. The molecule has 4 heteroatoms. The molecule has 96 valence electrons. The molecule has 0 amide bonds. The molecule has 0 radical (unpaired) electrons. The highest BCUT2D eigenvalue weighted by molar-refractivity contribution is 5.39. The van der Waals surface area contributed by atoms with Crippen LogP contribution in [0.3, 0.4) is 0 Å². The van der Waals surface area contributed by atoms with Crippen molar-refractivity contribution in [2.24, 2.45) is 5.92 Å². The van der Waals surface area contributed by atoms with Gasteiger partial charge in [0.15, 0.2) is 11.5 Å². The molecule has 1 unspecified atom stereocenters. The summed E-state index contributed by atoms with van der Waals surface area (Å²) < 4.78 is 11.0. The molecule has 0 aromatic heterocycles. The normalized spacial score (nSPS) is 12.5. The minimum atomic E-state index is -0.867. The monoisotopic (exact) mass is 240 g/mol. The van der Waals surface area contributed by atoms with Gasteiger partial charge >= 0.3 is 0 Å². The van der Waals surface area contributed by atoms with E-state index in [-0.39, 0.29) is 13.2 Å². The van der Waals surface area contributed by atoms with Crippen molar-refractivity contribution in [1.29, 1.82) is 0 Å². The lowest BCUT2D eigenvalue weighted by Gasteiger charge is -2.15. The number of aliphatic hydroxyl groups excluding tert-OH is 2. The van der Waals surface area contributed by atoms with E-state index in [0.717, 1.165) is 0 Å². The summed E-state index contributed by atoms with van der Waals surface area (Å²) in [6.07, 6.45) is -0.867. The van der Waals surface area contributed by atoms with Crippen LogP contribution in [0.15, 0.2) is 24.3 Å². The molecule has 0 aliphatic heterocycles. The van der Waals surface area contributed by atoms with Crippen LogP contribution < -0.4 is 9.47 Å². The Labute approximate surface area is 102 Å². The van der Waals surface area contributed by atoms with Crippen molar-refractivity contribution in [2.45, 2.75) is 20.0 Å². The maximum atomic E-state index is 9.21. The molecule has 1 aromatic carbocycles. The van der Waals surface area contributed by atoms with Gasteiger partial charge in [-0.05, 0) is 18.1 Å². The second kappa shape index (κ2) is 7.14. The zero-order chi connectivity index (χ0) is 12.7. The highest BCUT2D eigenvalue weighted by atomic mass is 16.5. The number of benzene rings is 1. The molecular weight excluding hydrogens is 220 g/mol. The minimum absolute atomic E-state index is 0.0541. The molecule has 0 fully saturated rings. The second-order valence-corrected chi connectivity index (χ2v) is 4.30. The topological polar surface area (TPSA) is 58.9 Å². The third kappa shape index (κ3) is 5.06. The molecule has 0 saturated carbocycles. The molecular formula is C13H20O4. The first-order valence-electron chi connectivity index (χ1n) is 5.77. The van der Waals surface area contributed by atoms with Crippen LogP contribution >= 0.6 is 0 Å². The summed E-state index contributed by atoms with van der Waals surface area (Å²) in [5, 5.41) is 17.9. The molecule has 0 aliphatic rings. The zero-order valence-corrected chi connectivity index (χ0v) is 10.3. The second-order valence-electron chi connectivity index (χ2n) is 4.30. The maximum Gasteiger partial charge on any atom is 0.161 e. The first-order valence-corrected chi connectivity index (χ1v) is 5.77. The molecule has 0 spiro atoms. The summed E-state index contributed by atoms with van der Waals surface area (Å²) in [4.78, 5) is 0. The van der Waals surface area contributed by atoms with Crippen molar-refractivity contribution in [1.82, 2.24) is 0 Å². The summed E-state index contributed by atoms with van der Waals surface area (Å²) in [6, 6.07) is 7.30. The molecule has 1 rings (SSSR count). The van der Waals surface area contributed by atoms with Crippen molar-refractivity contribution in [3.8, 4) is 11.5 Å². The maximum absolute atomic E-state index is 9.21. The summed E-state index contributed by atoms with van der Waals surface area (Å²) in [7, 11) is 0. The van der Waals surface area contributed by atoms with Gasteiger partial charge in [-0.25, -0.2) is 0 Å². The molecule has 0 heterocycles. The van der Waals surface area contributed by atoms with E-state index in [9.17, 15) is 5.11 Å². The summed E-state index contributed by atoms with van der Waals surface area (Å²) >= 11 is 0. The van der Waals surface area contributed by atoms with Crippen molar-refractivity contribution in [3.05, 3.63) is 24.3 Å². The summed E-state index contributed by atoms with van der Waals surface area (Å²) in [5.41, 5.74) is 0. The van der Waals surface area contributed by atoms with Crippen LogP contribution in [0.2, 0.25) is 0 Å². The molecule has 1 aromatic rings. The average Bonchev–Trinajstić information content (AvgIpc) is 2.34. The van der Waals surface area contributed by atoms with E-state index >= 15 is 0 Å². The van der Waals surface area contributed by atoms with Crippen LogP contribution in [-0.4, -0.2) is 36.1 Å². The fourth-order valence-electron chi connectivity index (χ4n) is 1.18. The van der Waals surface area contributed by atoms with Crippen LogP contribution in [0.25, 0.3) is 0 Å². The summed E-state index contributed by atoms with van der Waals surface area (Å²) in [5.74, 6) is 1.68. The van der Waals surface area contributed by atoms with E-state index < -0.39 is 6.10 Å². The Kier molecular flexibility index (Phi) is 5.80. The van der Waals surface area contributed by atoms with E-state index in [4.69, 9.17) is 14.6 Å². The number of hydrogen-bond donors (Lipinski definition) is 2. The Morgan fingerprint density at radius 2 is 1.59 bits per heavy atom. The highest BCUT2D eigenvalue weighted by Crippen LogP contribution is 2.26. The van der Waals surface area contributed by atoms with Gasteiger partial charge in [0.05, 0.1) is 13.2 Å². The highest BCUT2D eigenvalue weighted by Gasteiger charge is 2.08. The Bertz CT molecular complexity index is 325. The van der Waals surface area contributed by atoms with E-state index in [2.05, 4.69) is 13.8 Å². The van der Waals surface area contributed by atoms with Gasteiger partial charge in [-0.2, -0.15) is 0 Å². The van der Waals surface area contributed by atoms with Crippen LogP contribution in [-0.2, 0) is 0 Å². The number of aliphatic hydroxyl groups is 2. The number of hydrogen-bond acceptors (Lipinski definition) is 4. The van der Waals surface area contributed by atoms with Crippen LogP contribution in [0, 0.1) is 5.92 Å². The lowest BCUT2D eigenvalue weighted by atomic mass is 10.2. The van der Waals surface area contributed by atoms with E-state index in [1.807, 2.05) is 18.2 Å². The molecule has 1 atom stereocenters. The predicted molar refractivity (Wildman–Crippen MR) is 65.4 cm³/mol. The van der Waals surface area contributed by atoms with E-state index in [1.54, 1.807) is 6.07 Å². The fraction of sp³-hybridized carbons (Fsp3) is 0.538. The lowest BCUT2D eigenvalue weighted by molar-refractivity contribution is 0.0523. The standard InChI is InChI=1S/C13H20O4/c1-10(2)8-16-12-5-3-4-6-13(12)17-9-11(15)7-14/h3-6,10-11,14-15H,7-9H2,1-2H3. The van der Waals surface area contributed by atoms with Crippen molar-refractivity contribution in [2.75, 3.05) is 19.8 Å². The van der Waals surface area contributed by atoms with Gasteiger partial charge in [-0.15, -0.1) is 0 Å². The quantitative estimate of drug-likeness (QED) is 0.757. The predicted octanol–water partition coefficient (Wildman–Crippen LogP) is 1.45. The SMILES string of the molecule is CC(C)COc1ccccc1OCC(O)CO. The molecule has 0 bridgehead atoms. The molecule has 4 nitrogen and oxygen atoms in total. The third-order valence-electron chi connectivity index (χ3n) is 2.06. The Balaban J connectivity index is 2.57. The summed E-state index contributed by atoms with van der Waals surface area (Å²) in [6.45, 7) is 4.49. The van der Waals surface area contributed by atoms with Crippen molar-refractivity contribution in [3.63, 3.8) is 0 Å². The van der Waals surface area contributed by atoms with Gasteiger partial charge in [-0.3, -0.25) is 0 Å². The van der Waals surface area contributed by atoms with Gasteiger partial charge in [0.2, 0.25) is 0 Å². The van der Waals surface area contributed by atoms with E-state index in [0.29, 0.717) is 24.0 Å². The van der Waals surface area contributed by atoms with E-state index in [1.165, 1.54) is 0 Å². The number of rotatable bonds is 7. The smallest absolute Gasteiger partial charge is 0.161 e. The Morgan fingerprint density at radius 3 is 2.06 bits per heavy atom. The van der Waals surface area contributed by atoms with Gasteiger partial charge in [0.1, 0.15) is 12.7 Å². The first kappa shape index (κ1) is 13.8. The van der Waals surface area contributed by atoms with Crippen LogP contribution in [0.5, 0.6) is 11.5 Å². The molecule has 2 N–H and O–H groups in total. The third-order valence-corrected chi connectivity index (χ3v) is 2.06. The molecule has 17 heavy (non-hydrogen) atoms. The Hall–Kier alpha value is -1.26.